The highest BCUT2D eigenvalue weighted by Gasteiger charge is 2.31. The van der Waals surface area contributed by atoms with E-state index >= 15 is 0 Å². The van der Waals surface area contributed by atoms with Crippen molar-refractivity contribution in [3.05, 3.63) is 45.1 Å². The number of hydrogen-bond donors (Lipinski definition) is 0. The van der Waals surface area contributed by atoms with Crippen molar-refractivity contribution in [1.29, 1.82) is 0 Å². The molecule has 0 unspecified atom stereocenters. The maximum atomic E-state index is 13.6. The number of unbranched alkanes of at least 4 members (excludes halogenated alkanes) is 32. The quantitative estimate of drug-likeness (QED) is 0.0367. The van der Waals surface area contributed by atoms with Crippen molar-refractivity contribution in [3.8, 4) is 0 Å². The van der Waals surface area contributed by atoms with Crippen LogP contribution in [0.1, 0.15) is 285 Å². The van der Waals surface area contributed by atoms with Gasteiger partial charge in [-0.3, -0.25) is 19.2 Å². The molecule has 70 heavy (non-hydrogen) atoms. The third-order valence-electron chi connectivity index (χ3n) is 14.4. The standard InChI is InChI=1S/C62H96O8/c1-5-9-13-17-21-25-29-33-37-41-53(63)67-59-49-45-46-51-58-52(48-47-50(57(49)58)60(59)68-54(64)42-38-34-30-26-22-18-14-10-6-2)62(70-56(66)44-40-36-32-28-24-20-16-12-8-4)61(51)69-55(65)43-39-35-31-27-23-19-15-11-7-3/h45-48H,5-44H2,1-4H3. The van der Waals surface area contributed by atoms with Crippen molar-refractivity contribution in [1.82, 2.24) is 0 Å². The Balaban J connectivity index is 1.58. The molecule has 0 aliphatic heterocycles. The van der Waals surface area contributed by atoms with Crippen LogP contribution in [-0.2, 0) is 38.1 Å². The van der Waals surface area contributed by atoms with Crippen molar-refractivity contribution in [2.75, 3.05) is 0 Å². The molecule has 0 N–H and O–H groups in total. The molecule has 2 aromatic rings. The van der Waals surface area contributed by atoms with Gasteiger partial charge in [0.1, 0.15) is 0 Å². The van der Waals surface area contributed by atoms with E-state index in [-0.39, 0.29) is 72.6 Å². The number of benzene rings is 2. The predicted octanol–water partition coefficient (Wildman–Crippen LogP) is 15.2. The van der Waals surface area contributed by atoms with Gasteiger partial charge in [-0.1, -0.05) is 233 Å². The Morgan fingerprint density at radius 2 is 0.414 bits per heavy atom. The average molecular weight is 969 g/mol. The number of ether oxygens (including phenoxy) is 4. The maximum Gasteiger partial charge on any atom is 0.311 e. The Morgan fingerprint density at radius 1 is 0.257 bits per heavy atom. The molecule has 0 heterocycles. The number of carbonyl (C=O) groups excluding carboxylic acids is 4. The summed E-state index contributed by atoms with van der Waals surface area (Å²) in [6.45, 7) is 8.93. The predicted molar refractivity (Wildman–Crippen MR) is 288 cm³/mol. The second-order valence-electron chi connectivity index (χ2n) is 20.6. The van der Waals surface area contributed by atoms with E-state index in [0.717, 1.165) is 87.8 Å². The lowest BCUT2D eigenvalue weighted by Gasteiger charge is -2.12. The summed E-state index contributed by atoms with van der Waals surface area (Å²) >= 11 is 0. The highest BCUT2D eigenvalue weighted by molar-refractivity contribution is 6.07. The van der Waals surface area contributed by atoms with Gasteiger partial charge in [-0.25, -0.2) is 0 Å². The zero-order valence-electron chi connectivity index (χ0n) is 44.9. The molecule has 392 valence electrons. The van der Waals surface area contributed by atoms with Crippen LogP contribution in [-0.4, -0.2) is 23.9 Å². The van der Waals surface area contributed by atoms with Gasteiger partial charge in [0.15, 0.2) is 23.0 Å². The summed E-state index contributed by atoms with van der Waals surface area (Å²) < 4.78 is 24.9. The summed E-state index contributed by atoms with van der Waals surface area (Å²) in [6, 6.07) is 7.42. The smallest absolute Gasteiger partial charge is 0.311 e. The molecule has 8 nitrogen and oxygen atoms in total. The van der Waals surface area contributed by atoms with Crippen LogP contribution in [0.5, 0.6) is 0 Å². The largest absolute Gasteiger partial charge is 0.422 e. The van der Waals surface area contributed by atoms with Crippen molar-refractivity contribution in [3.63, 3.8) is 0 Å². The SMILES string of the molecule is CCCCCCCCCCCC(=O)OC1=c2ccc3c4c(ccc(c24)=C1OC(=O)CCCCCCCCCCC)=C(OC(=O)CCCCCCCCCCC)C=3OC(=O)CCCCCCCCCCC. The third-order valence-corrected chi connectivity index (χ3v) is 14.4. The van der Waals surface area contributed by atoms with Crippen LogP contribution in [0.3, 0.4) is 0 Å². The van der Waals surface area contributed by atoms with Crippen LogP contribution in [0.4, 0.5) is 0 Å². The summed E-state index contributed by atoms with van der Waals surface area (Å²) in [6.07, 6.45) is 42.1. The normalized spacial score (nSPS) is 12.7. The van der Waals surface area contributed by atoms with Crippen LogP contribution in [0, 0.1) is 0 Å². The lowest BCUT2D eigenvalue weighted by molar-refractivity contribution is -0.139. The van der Waals surface area contributed by atoms with Gasteiger partial charge < -0.3 is 18.9 Å². The van der Waals surface area contributed by atoms with E-state index in [1.54, 1.807) is 0 Å². The zero-order chi connectivity index (χ0) is 50.0. The van der Waals surface area contributed by atoms with Gasteiger partial charge in [-0.05, 0) is 49.9 Å². The first-order chi connectivity index (χ1) is 34.3. The van der Waals surface area contributed by atoms with Gasteiger partial charge in [0.2, 0.25) is 0 Å². The molecule has 0 amide bonds. The topological polar surface area (TPSA) is 105 Å². The molecule has 2 aromatic carbocycles. The van der Waals surface area contributed by atoms with Gasteiger partial charge in [0, 0.05) is 57.3 Å². The molecule has 0 fully saturated rings. The van der Waals surface area contributed by atoms with Crippen LogP contribution in [0.15, 0.2) is 24.3 Å². The van der Waals surface area contributed by atoms with Crippen LogP contribution < -0.4 is 20.9 Å². The molecule has 2 aliphatic carbocycles. The molecule has 0 atom stereocenters. The van der Waals surface area contributed by atoms with E-state index in [1.807, 2.05) is 24.3 Å². The van der Waals surface area contributed by atoms with Crippen LogP contribution in [0.25, 0.3) is 33.8 Å². The average Bonchev–Trinajstić information content (AvgIpc) is 3.80. The lowest BCUT2D eigenvalue weighted by Crippen LogP contribution is -2.22. The summed E-state index contributed by atoms with van der Waals surface area (Å²) in [5, 5.41) is 3.97. The summed E-state index contributed by atoms with van der Waals surface area (Å²) in [7, 11) is 0. The number of hydrogen-bond acceptors (Lipinski definition) is 8. The fraction of sp³-hybridized carbons (Fsp3) is 0.710. The Morgan fingerprint density at radius 3 is 0.586 bits per heavy atom. The molecule has 0 saturated carbocycles. The molecule has 0 bridgehead atoms. The van der Waals surface area contributed by atoms with E-state index in [0.29, 0.717) is 20.9 Å². The molecule has 8 heteroatoms. The monoisotopic (exact) mass is 969 g/mol. The van der Waals surface area contributed by atoms with Crippen LogP contribution in [0.2, 0.25) is 0 Å². The highest BCUT2D eigenvalue weighted by Crippen LogP contribution is 2.27. The van der Waals surface area contributed by atoms with Gasteiger partial charge in [-0.15, -0.1) is 0 Å². The number of rotatable bonds is 44. The number of carbonyl (C=O) groups is 4. The van der Waals surface area contributed by atoms with Gasteiger partial charge in [-0.2, -0.15) is 0 Å². The molecule has 0 aromatic heterocycles. The van der Waals surface area contributed by atoms with E-state index in [1.165, 1.54) is 154 Å². The molecule has 0 radical (unpaired) electrons. The second kappa shape index (κ2) is 36.0. The minimum Gasteiger partial charge on any atom is -0.422 e. The molecule has 0 saturated heterocycles. The Kier molecular flexibility index (Phi) is 30.2. The Bertz CT molecular complexity index is 1830. The minimum absolute atomic E-state index is 0.236. The summed E-state index contributed by atoms with van der Waals surface area (Å²) in [4.78, 5) is 54.5. The van der Waals surface area contributed by atoms with Gasteiger partial charge >= 0.3 is 23.9 Å². The van der Waals surface area contributed by atoms with E-state index < -0.39 is 0 Å². The van der Waals surface area contributed by atoms with Crippen molar-refractivity contribution >= 4 is 57.7 Å². The van der Waals surface area contributed by atoms with E-state index in [2.05, 4.69) is 27.7 Å². The van der Waals surface area contributed by atoms with Gasteiger partial charge in [0.25, 0.3) is 0 Å². The number of esters is 4. The van der Waals surface area contributed by atoms with Gasteiger partial charge in [0.05, 0.1) is 0 Å². The first-order valence-electron chi connectivity index (χ1n) is 29.3. The zero-order valence-corrected chi connectivity index (χ0v) is 44.9. The first-order valence-corrected chi connectivity index (χ1v) is 29.3. The molecular weight excluding hydrogens is 873 g/mol. The van der Waals surface area contributed by atoms with Crippen LogP contribution >= 0.6 is 0 Å². The third kappa shape index (κ3) is 21.0. The van der Waals surface area contributed by atoms with Crippen molar-refractivity contribution in [2.45, 2.75) is 285 Å². The molecule has 4 rings (SSSR count). The minimum atomic E-state index is -0.360. The molecule has 0 spiro atoms. The summed E-state index contributed by atoms with van der Waals surface area (Å²) in [5.74, 6) is -0.497. The highest BCUT2D eigenvalue weighted by atomic mass is 16.6. The fourth-order valence-electron chi connectivity index (χ4n) is 10.1. The van der Waals surface area contributed by atoms with Crippen molar-refractivity contribution < 1.29 is 38.1 Å². The second-order valence-corrected chi connectivity index (χ2v) is 20.6. The molecular formula is C62H96O8. The fourth-order valence-corrected chi connectivity index (χ4v) is 10.1. The summed E-state index contributed by atoms with van der Waals surface area (Å²) in [5.41, 5.74) is 0. The first kappa shape index (κ1) is 58.6. The Labute approximate surface area is 423 Å². The maximum absolute atomic E-state index is 13.6. The lowest BCUT2D eigenvalue weighted by atomic mass is 10.1. The van der Waals surface area contributed by atoms with E-state index in [4.69, 9.17) is 18.9 Å². The molecule has 2 aliphatic rings. The van der Waals surface area contributed by atoms with Crippen molar-refractivity contribution in [2.24, 2.45) is 0 Å². The van der Waals surface area contributed by atoms with E-state index in [9.17, 15) is 19.2 Å². The Hall–Kier alpha value is -3.94.